The predicted molar refractivity (Wildman–Crippen MR) is 85.2 cm³/mol. The van der Waals surface area contributed by atoms with Crippen LogP contribution in [-0.2, 0) is 0 Å². The number of non-ortho nitro benzene ring substituents is 1. The van der Waals surface area contributed by atoms with Crippen LogP contribution in [-0.4, -0.2) is 16.0 Å². The van der Waals surface area contributed by atoms with Gasteiger partial charge in [-0.1, -0.05) is 15.9 Å². The number of carbonyl (C=O) groups is 1. The van der Waals surface area contributed by atoms with Crippen molar-refractivity contribution < 1.29 is 14.8 Å². The molecule has 2 aromatic rings. The van der Waals surface area contributed by atoms with Crippen molar-refractivity contribution in [3.8, 4) is 0 Å². The topological polar surface area (TPSA) is 92.5 Å². The van der Waals surface area contributed by atoms with E-state index >= 15 is 0 Å². The van der Waals surface area contributed by atoms with E-state index in [9.17, 15) is 20.0 Å². The molecule has 0 heterocycles. The Kier molecular flexibility index (Phi) is 4.59. The second kappa shape index (κ2) is 6.23. The van der Waals surface area contributed by atoms with Gasteiger partial charge in [0, 0.05) is 21.1 Å². The number of carboxylic acid groups (broad SMARTS) is 1. The van der Waals surface area contributed by atoms with Crippen LogP contribution in [0.5, 0.6) is 0 Å². The van der Waals surface area contributed by atoms with E-state index in [0.29, 0.717) is 5.69 Å². The van der Waals surface area contributed by atoms with Crippen molar-refractivity contribution in [1.82, 2.24) is 0 Å². The Morgan fingerprint density at radius 1 is 1.14 bits per heavy atom. The molecule has 0 aliphatic heterocycles. The van der Waals surface area contributed by atoms with Crippen molar-refractivity contribution in [1.29, 1.82) is 0 Å². The minimum absolute atomic E-state index is 0.168. The number of benzene rings is 2. The minimum atomic E-state index is -1.24. The number of carboxylic acids is 1. The summed E-state index contributed by atoms with van der Waals surface area (Å²) in [5, 5.41) is 22.8. The quantitative estimate of drug-likeness (QED) is 0.563. The van der Waals surface area contributed by atoms with Crippen molar-refractivity contribution in [2.24, 2.45) is 0 Å². The lowest BCUT2D eigenvalue weighted by molar-refractivity contribution is -0.384. The highest BCUT2D eigenvalue weighted by atomic mass is 79.9. The fourth-order valence-electron chi connectivity index (χ4n) is 1.67. The van der Waals surface area contributed by atoms with Gasteiger partial charge in [-0.05, 0) is 40.2 Å². The molecule has 0 amide bonds. The lowest BCUT2D eigenvalue weighted by Crippen LogP contribution is -2.04. The lowest BCUT2D eigenvalue weighted by atomic mass is 10.1. The molecule has 0 bridgehead atoms. The molecule has 21 heavy (non-hydrogen) atoms. The van der Waals surface area contributed by atoms with Gasteiger partial charge in [-0.2, -0.15) is 0 Å². The monoisotopic (exact) mass is 414 g/mol. The first-order valence-electron chi connectivity index (χ1n) is 5.62. The number of hydrogen-bond acceptors (Lipinski definition) is 4. The Bertz CT molecular complexity index is 734. The van der Waals surface area contributed by atoms with E-state index in [4.69, 9.17) is 0 Å². The largest absolute Gasteiger partial charge is 0.478 e. The number of rotatable bonds is 4. The third-order valence-electron chi connectivity index (χ3n) is 2.64. The van der Waals surface area contributed by atoms with Crippen LogP contribution in [0, 0.1) is 10.1 Å². The smallest absolute Gasteiger partial charge is 0.338 e. The molecule has 2 N–H and O–H groups in total. The fraction of sp³-hybridized carbons (Fsp3) is 0. The molecule has 0 radical (unpaired) electrons. The Hall–Kier alpha value is -1.93. The minimum Gasteiger partial charge on any atom is -0.478 e. The van der Waals surface area contributed by atoms with E-state index in [1.807, 2.05) is 0 Å². The number of aromatic carboxylic acids is 1. The van der Waals surface area contributed by atoms with E-state index in [1.165, 1.54) is 12.1 Å². The number of nitro groups is 1. The summed E-state index contributed by atoms with van der Waals surface area (Å²) in [5.41, 5.74) is 0.484. The first-order chi connectivity index (χ1) is 9.88. The molecule has 6 nitrogen and oxygen atoms in total. The summed E-state index contributed by atoms with van der Waals surface area (Å²) in [7, 11) is 0. The first-order valence-corrected chi connectivity index (χ1v) is 7.21. The zero-order chi connectivity index (χ0) is 15.6. The van der Waals surface area contributed by atoms with Crippen LogP contribution < -0.4 is 5.32 Å². The molecule has 108 valence electrons. The summed E-state index contributed by atoms with van der Waals surface area (Å²) in [6.45, 7) is 0. The lowest BCUT2D eigenvalue weighted by Gasteiger charge is -2.11. The van der Waals surface area contributed by atoms with E-state index in [-0.39, 0.29) is 16.9 Å². The molecular weight excluding hydrogens is 408 g/mol. The molecule has 0 spiro atoms. The summed E-state index contributed by atoms with van der Waals surface area (Å²) in [5.74, 6) is -1.24. The average molecular weight is 416 g/mol. The molecule has 0 fully saturated rings. The Labute approximate surface area is 136 Å². The van der Waals surface area contributed by atoms with Crippen LogP contribution in [0.1, 0.15) is 10.4 Å². The molecule has 0 unspecified atom stereocenters. The average Bonchev–Trinajstić information content (AvgIpc) is 2.41. The van der Waals surface area contributed by atoms with Gasteiger partial charge in [0.1, 0.15) is 0 Å². The highest BCUT2D eigenvalue weighted by Crippen LogP contribution is 2.31. The van der Waals surface area contributed by atoms with Crippen LogP contribution in [0.25, 0.3) is 0 Å². The van der Waals surface area contributed by atoms with Crippen LogP contribution in [0.3, 0.4) is 0 Å². The van der Waals surface area contributed by atoms with Crippen molar-refractivity contribution in [2.75, 3.05) is 5.32 Å². The molecule has 0 saturated carbocycles. The van der Waals surface area contributed by atoms with Crippen molar-refractivity contribution in [3.05, 3.63) is 61.0 Å². The summed E-state index contributed by atoms with van der Waals surface area (Å²) in [6, 6.07) is 8.99. The van der Waals surface area contributed by atoms with E-state index in [0.717, 1.165) is 15.0 Å². The SMILES string of the molecule is O=C(O)c1cc([N+](=O)[O-])ccc1Nc1ccc(Br)cc1Br. The van der Waals surface area contributed by atoms with Crippen LogP contribution in [0.4, 0.5) is 17.1 Å². The van der Waals surface area contributed by atoms with Crippen LogP contribution >= 0.6 is 31.9 Å². The van der Waals surface area contributed by atoms with Crippen LogP contribution in [0.2, 0.25) is 0 Å². The maximum absolute atomic E-state index is 11.2. The van der Waals surface area contributed by atoms with Crippen molar-refractivity contribution in [3.63, 3.8) is 0 Å². The summed E-state index contributed by atoms with van der Waals surface area (Å²) in [6.07, 6.45) is 0. The standard InChI is InChI=1S/C13H8Br2N2O4/c14-7-1-3-12(10(15)5-7)16-11-4-2-8(17(20)21)6-9(11)13(18)19/h1-6,16H,(H,18,19). The fourth-order valence-corrected chi connectivity index (χ4v) is 2.81. The van der Waals surface area contributed by atoms with Gasteiger partial charge in [0.25, 0.3) is 5.69 Å². The highest BCUT2D eigenvalue weighted by molar-refractivity contribution is 9.11. The predicted octanol–water partition coefficient (Wildman–Crippen LogP) is 4.56. The van der Waals surface area contributed by atoms with Gasteiger partial charge in [0.15, 0.2) is 0 Å². The molecule has 2 aromatic carbocycles. The molecule has 2 rings (SSSR count). The number of halogens is 2. The zero-order valence-electron chi connectivity index (χ0n) is 10.3. The molecule has 0 aliphatic rings. The Morgan fingerprint density at radius 2 is 1.81 bits per heavy atom. The number of anilines is 2. The Morgan fingerprint density at radius 3 is 2.38 bits per heavy atom. The molecule has 0 atom stereocenters. The molecule has 0 aliphatic carbocycles. The van der Waals surface area contributed by atoms with Gasteiger partial charge < -0.3 is 10.4 Å². The summed E-state index contributed by atoms with van der Waals surface area (Å²) in [4.78, 5) is 21.3. The van der Waals surface area contributed by atoms with Gasteiger partial charge in [-0.3, -0.25) is 10.1 Å². The van der Waals surface area contributed by atoms with E-state index in [1.54, 1.807) is 18.2 Å². The number of nitrogens with one attached hydrogen (secondary N) is 1. The number of nitrogens with zero attached hydrogens (tertiary/aromatic N) is 1. The second-order valence-electron chi connectivity index (χ2n) is 4.04. The van der Waals surface area contributed by atoms with Crippen molar-refractivity contribution in [2.45, 2.75) is 0 Å². The van der Waals surface area contributed by atoms with Gasteiger partial charge in [-0.25, -0.2) is 4.79 Å². The molecule has 0 saturated heterocycles. The number of nitro benzene ring substituents is 1. The van der Waals surface area contributed by atoms with Crippen molar-refractivity contribution >= 4 is 54.9 Å². The molecule has 8 heteroatoms. The normalized spacial score (nSPS) is 10.2. The summed E-state index contributed by atoms with van der Waals surface area (Å²) >= 11 is 6.67. The third-order valence-corrected chi connectivity index (χ3v) is 3.79. The molecular formula is C13H8Br2N2O4. The van der Waals surface area contributed by atoms with Crippen LogP contribution in [0.15, 0.2) is 45.3 Å². The second-order valence-corrected chi connectivity index (χ2v) is 5.81. The van der Waals surface area contributed by atoms with Gasteiger partial charge >= 0.3 is 5.97 Å². The zero-order valence-corrected chi connectivity index (χ0v) is 13.5. The maximum atomic E-state index is 11.2. The Balaban J connectivity index is 2.44. The number of hydrogen-bond donors (Lipinski definition) is 2. The van der Waals surface area contributed by atoms with E-state index in [2.05, 4.69) is 37.2 Å². The third kappa shape index (κ3) is 3.59. The highest BCUT2D eigenvalue weighted by Gasteiger charge is 2.16. The maximum Gasteiger partial charge on any atom is 0.338 e. The van der Waals surface area contributed by atoms with E-state index < -0.39 is 10.9 Å². The first kappa shape index (κ1) is 15.5. The van der Waals surface area contributed by atoms with Gasteiger partial charge in [0.2, 0.25) is 0 Å². The summed E-state index contributed by atoms with van der Waals surface area (Å²) < 4.78 is 1.59. The molecule has 0 aromatic heterocycles. The van der Waals surface area contributed by atoms with Gasteiger partial charge in [0.05, 0.1) is 21.9 Å². The van der Waals surface area contributed by atoms with Gasteiger partial charge in [-0.15, -0.1) is 0 Å².